The van der Waals surface area contributed by atoms with Crippen molar-refractivity contribution in [3.8, 4) is 0 Å². The van der Waals surface area contributed by atoms with Gasteiger partial charge in [0.2, 0.25) is 0 Å². The number of pyridine rings is 1. The molecule has 3 heterocycles. The number of esters is 1. The lowest BCUT2D eigenvalue weighted by Crippen LogP contribution is -2.42. The summed E-state index contributed by atoms with van der Waals surface area (Å²) >= 11 is 1.69. The Morgan fingerprint density at radius 3 is 2.70 bits per heavy atom. The highest BCUT2D eigenvalue weighted by Gasteiger charge is 2.31. The van der Waals surface area contributed by atoms with E-state index in [9.17, 15) is 9.59 Å². The molecular formula is C31H28N2O3S. The molecule has 0 radical (unpaired) electrons. The van der Waals surface area contributed by atoms with Crippen LogP contribution in [0.25, 0.3) is 22.6 Å². The third-order valence-electron chi connectivity index (χ3n) is 7.24. The lowest BCUT2D eigenvalue weighted by atomic mass is 9.86. The number of aryl methyl sites for hydroxylation is 1. The molecule has 0 saturated heterocycles. The highest BCUT2D eigenvalue weighted by molar-refractivity contribution is 7.10. The number of allylic oxidation sites excluding steroid dienone is 1. The molecule has 186 valence electrons. The van der Waals surface area contributed by atoms with Gasteiger partial charge in [-0.2, -0.15) is 0 Å². The van der Waals surface area contributed by atoms with Crippen molar-refractivity contribution >= 4 is 51.5 Å². The molecule has 5 nitrogen and oxygen atoms in total. The molecule has 2 aromatic carbocycles. The Labute approximate surface area is 220 Å². The normalized spacial score (nSPS) is 16.8. The maximum absolute atomic E-state index is 13.8. The monoisotopic (exact) mass is 508 g/mol. The zero-order valence-corrected chi connectivity index (χ0v) is 21.6. The van der Waals surface area contributed by atoms with Crippen molar-refractivity contribution < 1.29 is 14.3 Å². The van der Waals surface area contributed by atoms with Crippen molar-refractivity contribution in [3.63, 3.8) is 0 Å². The van der Waals surface area contributed by atoms with Crippen molar-refractivity contribution in [3.05, 3.63) is 93.3 Å². The summed E-state index contributed by atoms with van der Waals surface area (Å²) in [6.07, 6.45) is 5.72. The number of carbonyl (C=O) groups is 2. The summed E-state index contributed by atoms with van der Waals surface area (Å²) in [6.45, 7) is 2.30. The molecule has 6 rings (SSSR count). The van der Waals surface area contributed by atoms with E-state index in [1.165, 1.54) is 4.88 Å². The highest BCUT2D eigenvalue weighted by Crippen LogP contribution is 2.37. The van der Waals surface area contributed by atoms with Crippen molar-refractivity contribution in [2.24, 2.45) is 0 Å². The molecule has 6 heteroatoms. The molecule has 0 spiro atoms. The van der Waals surface area contributed by atoms with Crippen molar-refractivity contribution in [2.75, 3.05) is 11.4 Å². The number of ether oxygens (including phenoxy) is 1. The van der Waals surface area contributed by atoms with Crippen molar-refractivity contribution in [2.45, 2.75) is 45.1 Å². The zero-order valence-electron chi connectivity index (χ0n) is 20.8. The van der Waals surface area contributed by atoms with Gasteiger partial charge in [0.05, 0.1) is 16.8 Å². The van der Waals surface area contributed by atoms with E-state index in [4.69, 9.17) is 9.72 Å². The second-order valence-electron chi connectivity index (χ2n) is 9.64. The summed E-state index contributed by atoms with van der Waals surface area (Å²) < 4.78 is 5.91. The van der Waals surface area contributed by atoms with E-state index in [0.29, 0.717) is 12.1 Å². The van der Waals surface area contributed by atoms with Gasteiger partial charge < -0.3 is 9.64 Å². The maximum atomic E-state index is 13.8. The number of amides is 1. The van der Waals surface area contributed by atoms with Gasteiger partial charge in [-0.1, -0.05) is 42.5 Å². The van der Waals surface area contributed by atoms with E-state index < -0.39 is 12.1 Å². The van der Waals surface area contributed by atoms with Gasteiger partial charge in [0, 0.05) is 22.5 Å². The number of anilines is 1. The molecule has 37 heavy (non-hydrogen) atoms. The first-order valence-electron chi connectivity index (χ1n) is 12.9. The number of thiophene rings is 1. The van der Waals surface area contributed by atoms with E-state index >= 15 is 0 Å². The first-order valence-corrected chi connectivity index (χ1v) is 13.7. The predicted molar refractivity (Wildman–Crippen MR) is 149 cm³/mol. The number of rotatable bonds is 4. The van der Waals surface area contributed by atoms with Crippen LogP contribution in [-0.2, 0) is 22.4 Å². The SMILES string of the molecule is CC(OC(=O)c1c2c(nc3ccccc13)/C(=C/c1cccs1)CCC2)C(=O)N1CCCc2ccccc21. The van der Waals surface area contributed by atoms with Gasteiger partial charge in [-0.25, -0.2) is 9.78 Å². The molecule has 0 N–H and O–H groups in total. The van der Waals surface area contributed by atoms with Crippen LogP contribution in [0.5, 0.6) is 0 Å². The molecule has 0 saturated carbocycles. The van der Waals surface area contributed by atoms with Crippen LogP contribution in [0.3, 0.4) is 0 Å². The fourth-order valence-electron chi connectivity index (χ4n) is 5.51. The third kappa shape index (κ3) is 4.46. The summed E-state index contributed by atoms with van der Waals surface area (Å²) in [5.41, 5.74) is 6.29. The fraction of sp³-hybridized carbons (Fsp3) is 0.258. The lowest BCUT2D eigenvalue weighted by molar-refractivity contribution is -0.126. The Hall–Kier alpha value is -3.77. The van der Waals surface area contributed by atoms with E-state index in [1.807, 2.05) is 48.5 Å². The van der Waals surface area contributed by atoms with Gasteiger partial charge in [0.1, 0.15) is 0 Å². The Morgan fingerprint density at radius 1 is 1.00 bits per heavy atom. The summed E-state index contributed by atoms with van der Waals surface area (Å²) in [5.74, 6) is -0.649. The summed E-state index contributed by atoms with van der Waals surface area (Å²) in [7, 11) is 0. The molecule has 2 aromatic heterocycles. The van der Waals surface area contributed by atoms with Crippen LogP contribution in [0.4, 0.5) is 5.69 Å². The van der Waals surface area contributed by atoms with Crippen LogP contribution in [0.2, 0.25) is 0 Å². The van der Waals surface area contributed by atoms with Crippen LogP contribution in [-0.4, -0.2) is 29.5 Å². The van der Waals surface area contributed by atoms with Crippen LogP contribution < -0.4 is 4.90 Å². The second kappa shape index (κ2) is 9.94. The first kappa shape index (κ1) is 23.6. The number of benzene rings is 2. The van der Waals surface area contributed by atoms with Crippen LogP contribution in [0, 0.1) is 0 Å². The maximum Gasteiger partial charge on any atom is 0.339 e. The average Bonchev–Trinajstić information content (AvgIpc) is 3.44. The molecule has 4 aromatic rings. The number of carbonyl (C=O) groups excluding carboxylic acids is 2. The van der Waals surface area contributed by atoms with Crippen LogP contribution >= 0.6 is 11.3 Å². The summed E-state index contributed by atoms with van der Waals surface area (Å²) in [5, 5.41) is 2.83. The number of para-hydroxylation sites is 2. The number of aromatic nitrogens is 1. The first-order chi connectivity index (χ1) is 18.1. The average molecular weight is 509 g/mol. The number of hydrogen-bond donors (Lipinski definition) is 0. The molecule has 1 unspecified atom stereocenters. The molecule has 1 amide bonds. The highest BCUT2D eigenvalue weighted by atomic mass is 32.1. The van der Waals surface area contributed by atoms with E-state index in [1.54, 1.807) is 23.2 Å². The molecule has 2 aliphatic rings. The third-order valence-corrected chi connectivity index (χ3v) is 8.06. The van der Waals surface area contributed by atoms with Gasteiger partial charge in [-0.05, 0) is 85.4 Å². The fourth-order valence-corrected chi connectivity index (χ4v) is 6.19. The van der Waals surface area contributed by atoms with Gasteiger partial charge in [-0.15, -0.1) is 11.3 Å². The van der Waals surface area contributed by atoms with E-state index in [2.05, 4.69) is 23.6 Å². The van der Waals surface area contributed by atoms with Gasteiger partial charge in [-0.3, -0.25) is 4.79 Å². The Morgan fingerprint density at radius 2 is 1.84 bits per heavy atom. The van der Waals surface area contributed by atoms with Gasteiger partial charge in [0.25, 0.3) is 5.91 Å². The van der Waals surface area contributed by atoms with Crippen molar-refractivity contribution in [1.82, 2.24) is 4.98 Å². The Balaban J connectivity index is 1.35. The topological polar surface area (TPSA) is 59.5 Å². The molecule has 1 atom stereocenters. The van der Waals surface area contributed by atoms with Crippen LogP contribution in [0.1, 0.15) is 58.2 Å². The largest absolute Gasteiger partial charge is 0.449 e. The van der Waals surface area contributed by atoms with Gasteiger partial charge in [0.15, 0.2) is 6.10 Å². The summed E-state index contributed by atoms with van der Waals surface area (Å²) in [4.78, 5) is 35.1. The minimum atomic E-state index is -0.897. The number of fused-ring (bicyclic) bond motifs is 3. The molecular weight excluding hydrogens is 480 g/mol. The Bertz CT molecular complexity index is 1520. The van der Waals surface area contributed by atoms with Crippen LogP contribution in [0.15, 0.2) is 66.0 Å². The Kier molecular flexibility index (Phi) is 6.35. The number of hydrogen-bond acceptors (Lipinski definition) is 5. The lowest BCUT2D eigenvalue weighted by Gasteiger charge is -2.31. The summed E-state index contributed by atoms with van der Waals surface area (Å²) in [6, 6.07) is 19.8. The molecule has 1 aliphatic heterocycles. The second-order valence-corrected chi connectivity index (χ2v) is 10.6. The smallest absolute Gasteiger partial charge is 0.339 e. The quantitative estimate of drug-likeness (QED) is 0.288. The van der Waals surface area contributed by atoms with E-state index in [0.717, 1.165) is 71.1 Å². The zero-order chi connectivity index (χ0) is 25.4. The number of nitrogens with zero attached hydrogens (tertiary/aromatic N) is 2. The molecule has 1 aliphatic carbocycles. The molecule has 0 fully saturated rings. The van der Waals surface area contributed by atoms with Crippen molar-refractivity contribution in [1.29, 1.82) is 0 Å². The van der Waals surface area contributed by atoms with Gasteiger partial charge >= 0.3 is 5.97 Å². The minimum absolute atomic E-state index is 0.189. The predicted octanol–water partition coefficient (Wildman–Crippen LogP) is 6.70. The molecule has 0 bridgehead atoms. The van der Waals surface area contributed by atoms with E-state index in [-0.39, 0.29) is 5.91 Å². The standard InChI is InChI=1S/C31H28N2O3S/c1-20(30(34)33-17-7-11-21-9-2-5-16-27(21)33)36-31(35)28-24-13-3-4-15-26(24)32-29-22(10-6-14-25(28)29)19-23-12-8-18-37-23/h2-5,8-9,12-13,15-16,18-20H,6-7,10-11,14,17H2,1H3/b22-19+. The minimum Gasteiger partial charge on any atom is -0.449 e.